The Morgan fingerprint density at radius 3 is 2.70 bits per heavy atom. The predicted octanol–water partition coefficient (Wildman–Crippen LogP) is 4.98. The van der Waals surface area contributed by atoms with Gasteiger partial charge in [0.05, 0.1) is 13.2 Å². The molecule has 2 aromatic carbocycles. The third-order valence-electron chi connectivity index (χ3n) is 3.72. The quantitative estimate of drug-likeness (QED) is 0.459. The molecular formula is C21H20BrNO4. The molecule has 3 rings (SSSR count). The highest BCUT2D eigenvalue weighted by molar-refractivity contribution is 9.10. The number of esters is 1. The van der Waals surface area contributed by atoms with E-state index in [-0.39, 0.29) is 5.70 Å². The van der Waals surface area contributed by atoms with Crippen molar-refractivity contribution in [2.24, 2.45) is 4.99 Å². The number of ether oxygens (including phenoxy) is 3. The van der Waals surface area contributed by atoms with E-state index in [1.807, 2.05) is 56.3 Å². The number of carbonyl (C=O) groups excluding carboxylic acids is 1. The van der Waals surface area contributed by atoms with Crippen LogP contribution in [-0.4, -0.2) is 25.1 Å². The van der Waals surface area contributed by atoms with Crippen LogP contribution in [0.1, 0.15) is 31.4 Å². The second-order valence-corrected chi connectivity index (χ2v) is 6.75. The van der Waals surface area contributed by atoms with Crippen LogP contribution >= 0.6 is 15.9 Å². The number of hydrogen-bond acceptors (Lipinski definition) is 5. The lowest BCUT2D eigenvalue weighted by molar-refractivity contribution is -0.129. The Balaban J connectivity index is 1.89. The molecule has 1 heterocycles. The van der Waals surface area contributed by atoms with Crippen molar-refractivity contribution >= 4 is 33.9 Å². The Bertz CT molecular complexity index is 905. The maximum absolute atomic E-state index is 12.2. The van der Waals surface area contributed by atoms with Crippen molar-refractivity contribution in [3.05, 3.63) is 63.8 Å². The number of rotatable bonds is 7. The van der Waals surface area contributed by atoms with Crippen LogP contribution in [0.5, 0.6) is 11.5 Å². The van der Waals surface area contributed by atoms with Gasteiger partial charge in [-0.25, -0.2) is 9.79 Å². The van der Waals surface area contributed by atoms with Crippen molar-refractivity contribution in [1.82, 2.24) is 0 Å². The molecule has 0 radical (unpaired) electrons. The maximum Gasteiger partial charge on any atom is 0.363 e. The largest absolute Gasteiger partial charge is 0.490 e. The molecule has 6 heteroatoms. The summed E-state index contributed by atoms with van der Waals surface area (Å²) in [4.78, 5) is 16.5. The molecule has 0 N–H and O–H groups in total. The van der Waals surface area contributed by atoms with Crippen molar-refractivity contribution in [2.75, 3.05) is 13.2 Å². The summed E-state index contributed by atoms with van der Waals surface area (Å²) in [7, 11) is 0. The van der Waals surface area contributed by atoms with Gasteiger partial charge in [0, 0.05) is 10.0 Å². The molecule has 1 aliphatic heterocycles. The second kappa shape index (κ2) is 8.86. The van der Waals surface area contributed by atoms with E-state index in [1.54, 1.807) is 6.08 Å². The van der Waals surface area contributed by atoms with E-state index < -0.39 is 5.97 Å². The third-order valence-corrected chi connectivity index (χ3v) is 4.22. The highest BCUT2D eigenvalue weighted by Gasteiger charge is 2.24. The molecule has 140 valence electrons. The molecule has 27 heavy (non-hydrogen) atoms. The minimum absolute atomic E-state index is 0.245. The van der Waals surface area contributed by atoms with E-state index in [0.29, 0.717) is 30.6 Å². The molecule has 0 aliphatic carbocycles. The molecule has 5 nitrogen and oxygen atoms in total. The fourth-order valence-electron chi connectivity index (χ4n) is 2.53. The predicted molar refractivity (Wildman–Crippen MR) is 108 cm³/mol. The molecule has 0 unspecified atom stereocenters. The van der Waals surface area contributed by atoms with Gasteiger partial charge in [0.25, 0.3) is 0 Å². The Morgan fingerprint density at radius 2 is 1.96 bits per heavy atom. The van der Waals surface area contributed by atoms with E-state index in [9.17, 15) is 4.79 Å². The summed E-state index contributed by atoms with van der Waals surface area (Å²) in [5.74, 6) is 1.14. The summed E-state index contributed by atoms with van der Waals surface area (Å²) in [5.41, 5.74) is 1.77. The molecule has 0 fully saturated rings. The van der Waals surface area contributed by atoms with Crippen molar-refractivity contribution in [1.29, 1.82) is 0 Å². The lowest BCUT2D eigenvalue weighted by atomic mass is 10.1. The van der Waals surface area contributed by atoms with Crippen LogP contribution in [0.15, 0.2) is 57.6 Å². The van der Waals surface area contributed by atoms with Crippen molar-refractivity contribution in [3.63, 3.8) is 0 Å². The summed E-state index contributed by atoms with van der Waals surface area (Å²) < 4.78 is 17.6. The topological polar surface area (TPSA) is 57.1 Å². The van der Waals surface area contributed by atoms with Gasteiger partial charge in [0.1, 0.15) is 0 Å². The summed E-state index contributed by atoms with van der Waals surface area (Å²) in [6.07, 6.45) is 2.59. The minimum atomic E-state index is -0.478. The normalized spacial score (nSPS) is 14.9. The molecule has 0 spiro atoms. The van der Waals surface area contributed by atoms with Crippen molar-refractivity contribution in [2.45, 2.75) is 20.3 Å². The van der Waals surface area contributed by atoms with Crippen LogP contribution in [0.2, 0.25) is 0 Å². The van der Waals surface area contributed by atoms with E-state index in [2.05, 4.69) is 20.9 Å². The molecule has 1 aliphatic rings. The molecule has 0 bridgehead atoms. The minimum Gasteiger partial charge on any atom is -0.490 e. The summed E-state index contributed by atoms with van der Waals surface area (Å²) in [6.45, 7) is 5.10. The van der Waals surface area contributed by atoms with E-state index in [1.165, 1.54) is 0 Å². The van der Waals surface area contributed by atoms with Gasteiger partial charge in [-0.15, -0.1) is 0 Å². The zero-order chi connectivity index (χ0) is 19.2. The molecule has 0 amide bonds. The Morgan fingerprint density at radius 1 is 1.11 bits per heavy atom. The lowest BCUT2D eigenvalue weighted by Gasteiger charge is -2.12. The van der Waals surface area contributed by atoms with Crippen molar-refractivity contribution < 1.29 is 19.0 Å². The summed E-state index contributed by atoms with van der Waals surface area (Å²) in [5, 5.41) is 0. The first-order valence-electron chi connectivity index (χ1n) is 8.79. The molecule has 0 saturated heterocycles. The average molecular weight is 430 g/mol. The first-order chi connectivity index (χ1) is 13.1. The molecule has 0 atom stereocenters. The van der Waals surface area contributed by atoms with Gasteiger partial charge in [-0.05, 0) is 55.3 Å². The average Bonchev–Trinajstić information content (AvgIpc) is 3.02. The number of cyclic esters (lactones) is 1. The van der Waals surface area contributed by atoms with Crippen LogP contribution in [0, 0.1) is 0 Å². The highest BCUT2D eigenvalue weighted by Crippen LogP contribution is 2.30. The van der Waals surface area contributed by atoms with E-state index in [0.717, 1.165) is 22.0 Å². The monoisotopic (exact) mass is 429 g/mol. The summed E-state index contributed by atoms with van der Waals surface area (Å²) in [6, 6.07) is 13.0. The zero-order valence-corrected chi connectivity index (χ0v) is 16.8. The Hall–Kier alpha value is -2.60. The van der Waals surface area contributed by atoms with Crippen molar-refractivity contribution in [3.8, 4) is 11.5 Å². The molecular weight excluding hydrogens is 410 g/mol. The second-order valence-electron chi connectivity index (χ2n) is 5.83. The van der Waals surface area contributed by atoms with Gasteiger partial charge < -0.3 is 14.2 Å². The van der Waals surface area contributed by atoms with Gasteiger partial charge in [0.15, 0.2) is 17.2 Å². The third kappa shape index (κ3) is 4.77. The number of halogens is 1. The van der Waals surface area contributed by atoms with Gasteiger partial charge in [-0.3, -0.25) is 0 Å². The number of nitrogens with zero attached hydrogens (tertiary/aromatic N) is 1. The fraction of sp³-hybridized carbons (Fsp3) is 0.238. The summed E-state index contributed by atoms with van der Waals surface area (Å²) >= 11 is 3.40. The SMILES string of the molecule is CCCOc1ccc(/C=C2\N=C(c3cccc(Br)c3)OC2=O)cc1OCC. The van der Waals surface area contributed by atoms with Gasteiger partial charge in [-0.2, -0.15) is 0 Å². The zero-order valence-electron chi connectivity index (χ0n) is 15.2. The van der Waals surface area contributed by atoms with Crippen LogP contribution in [0.25, 0.3) is 6.08 Å². The first-order valence-corrected chi connectivity index (χ1v) is 9.58. The highest BCUT2D eigenvalue weighted by atomic mass is 79.9. The smallest absolute Gasteiger partial charge is 0.363 e. The molecule has 2 aromatic rings. The van der Waals surface area contributed by atoms with E-state index in [4.69, 9.17) is 14.2 Å². The number of benzene rings is 2. The van der Waals surface area contributed by atoms with Crippen LogP contribution in [0.4, 0.5) is 0 Å². The van der Waals surface area contributed by atoms with Gasteiger partial charge in [-0.1, -0.05) is 35.0 Å². The first kappa shape index (κ1) is 19.2. The standard InChI is InChI=1S/C21H20BrNO4/c1-3-10-26-18-9-8-14(12-19(18)25-4-2)11-17-21(24)27-20(23-17)15-6-5-7-16(22)13-15/h5-9,11-13H,3-4,10H2,1-2H3/b17-11-. The number of carbonyl (C=O) groups is 1. The number of hydrogen-bond donors (Lipinski definition) is 0. The van der Waals surface area contributed by atoms with Gasteiger partial charge in [0.2, 0.25) is 5.90 Å². The Labute approximate surface area is 166 Å². The maximum atomic E-state index is 12.2. The van der Waals surface area contributed by atoms with Gasteiger partial charge >= 0.3 is 5.97 Å². The Kier molecular flexibility index (Phi) is 6.29. The fourth-order valence-corrected chi connectivity index (χ4v) is 2.93. The van der Waals surface area contributed by atoms with E-state index >= 15 is 0 Å². The molecule has 0 aromatic heterocycles. The van der Waals surface area contributed by atoms with Crippen LogP contribution in [0.3, 0.4) is 0 Å². The van der Waals surface area contributed by atoms with Crippen LogP contribution in [-0.2, 0) is 9.53 Å². The lowest BCUT2D eigenvalue weighted by Crippen LogP contribution is -2.05. The van der Waals surface area contributed by atoms with Crippen LogP contribution < -0.4 is 9.47 Å². The number of aliphatic imine (C=N–C) groups is 1. The molecule has 0 saturated carbocycles.